The van der Waals surface area contributed by atoms with Crippen molar-refractivity contribution in [3.05, 3.63) is 89.7 Å². The molecule has 160 valence electrons. The third-order valence-corrected chi connectivity index (χ3v) is 5.05. The van der Waals surface area contributed by atoms with Gasteiger partial charge in [0, 0.05) is 23.7 Å². The van der Waals surface area contributed by atoms with E-state index < -0.39 is 11.6 Å². The highest BCUT2D eigenvalue weighted by atomic mass is 16.6. The van der Waals surface area contributed by atoms with E-state index in [1.54, 1.807) is 0 Å². The summed E-state index contributed by atoms with van der Waals surface area (Å²) in [6.07, 6.45) is 4.73. The Labute approximate surface area is 183 Å². The van der Waals surface area contributed by atoms with Crippen molar-refractivity contribution in [3.8, 4) is 0 Å². The zero-order valence-corrected chi connectivity index (χ0v) is 18.4. The fourth-order valence-corrected chi connectivity index (χ4v) is 3.44. The molecule has 5 nitrogen and oxygen atoms in total. The summed E-state index contributed by atoms with van der Waals surface area (Å²) in [7, 11) is 0. The fraction of sp³-hybridized carbons (Fsp3) is 0.346. The van der Waals surface area contributed by atoms with Crippen LogP contribution in [0.15, 0.2) is 77.9 Å². The van der Waals surface area contributed by atoms with E-state index in [-0.39, 0.29) is 5.97 Å². The molecule has 1 aromatic heterocycles. The van der Waals surface area contributed by atoms with Crippen molar-refractivity contribution < 1.29 is 9.53 Å². The van der Waals surface area contributed by atoms with Crippen molar-refractivity contribution in [1.29, 1.82) is 0 Å². The first-order valence-electron chi connectivity index (χ1n) is 10.8. The quantitative estimate of drug-likeness (QED) is 0.403. The molecule has 1 aliphatic rings. The van der Waals surface area contributed by atoms with Gasteiger partial charge in [-0.05, 0) is 39.7 Å². The smallest absolute Gasteiger partial charge is 0.331 e. The first-order chi connectivity index (χ1) is 14.9. The van der Waals surface area contributed by atoms with Crippen molar-refractivity contribution >= 4 is 11.7 Å². The number of benzene rings is 2. The van der Waals surface area contributed by atoms with Crippen molar-refractivity contribution in [3.63, 3.8) is 0 Å². The SMILES string of the molecule is CC(C)(C)OC(=O)C(Cc1ccn(C2CC2)n1)N=C(c1ccccc1)c1ccccc1. The number of esters is 1. The molecule has 31 heavy (non-hydrogen) atoms. The summed E-state index contributed by atoms with van der Waals surface area (Å²) in [6, 6.07) is 21.7. The lowest BCUT2D eigenvalue weighted by Gasteiger charge is -2.23. The molecule has 1 unspecified atom stereocenters. The summed E-state index contributed by atoms with van der Waals surface area (Å²) < 4.78 is 7.73. The monoisotopic (exact) mass is 415 g/mol. The minimum absolute atomic E-state index is 0.335. The molecule has 1 aliphatic carbocycles. The van der Waals surface area contributed by atoms with Gasteiger partial charge in [-0.1, -0.05) is 60.7 Å². The van der Waals surface area contributed by atoms with Gasteiger partial charge in [-0.25, -0.2) is 4.79 Å². The predicted octanol–water partition coefficient (Wildman–Crippen LogP) is 5.01. The maximum Gasteiger partial charge on any atom is 0.331 e. The number of carbonyl (C=O) groups excluding carboxylic acids is 1. The van der Waals surface area contributed by atoms with Crippen LogP contribution in [0.25, 0.3) is 0 Å². The molecule has 1 atom stereocenters. The highest BCUT2D eigenvalue weighted by molar-refractivity contribution is 6.13. The Hall–Kier alpha value is -3.21. The van der Waals surface area contributed by atoms with Gasteiger partial charge in [-0.3, -0.25) is 9.67 Å². The van der Waals surface area contributed by atoms with Crippen LogP contribution in [0.2, 0.25) is 0 Å². The second kappa shape index (κ2) is 8.88. The van der Waals surface area contributed by atoms with E-state index in [4.69, 9.17) is 9.73 Å². The van der Waals surface area contributed by atoms with E-state index in [2.05, 4.69) is 5.10 Å². The van der Waals surface area contributed by atoms with E-state index in [9.17, 15) is 4.79 Å². The average Bonchev–Trinajstić information content (AvgIpc) is 3.50. The Morgan fingerprint density at radius 3 is 2.13 bits per heavy atom. The Bertz CT molecular complexity index is 1000. The summed E-state index contributed by atoms with van der Waals surface area (Å²) in [5, 5.41) is 4.68. The summed E-state index contributed by atoms with van der Waals surface area (Å²) in [4.78, 5) is 18.1. The largest absolute Gasteiger partial charge is 0.458 e. The molecule has 1 heterocycles. The second-order valence-electron chi connectivity index (χ2n) is 8.98. The molecule has 0 spiro atoms. The van der Waals surface area contributed by atoms with Gasteiger partial charge in [-0.2, -0.15) is 5.10 Å². The van der Waals surface area contributed by atoms with Gasteiger partial charge in [0.05, 0.1) is 17.4 Å². The van der Waals surface area contributed by atoms with Crippen molar-refractivity contribution in [2.75, 3.05) is 0 Å². The van der Waals surface area contributed by atoms with E-state index >= 15 is 0 Å². The topological polar surface area (TPSA) is 56.5 Å². The number of nitrogens with zero attached hydrogens (tertiary/aromatic N) is 3. The van der Waals surface area contributed by atoms with Crippen molar-refractivity contribution in [2.45, 2.75) is 57.7 Å². The predicted molar refractivity (Wildman–Crippen MR) is 122 cm³/mol. The standard InChI is InChI=1S/C26H29N3O2/c1-26(2,3)31-25(30)23(18-21-16-17-29(28-21)22-14-15-22)27-24(19-10-6-4-7-11-19)20-12-8-5-9-13-20/h4-13,16-17,22-23H,14-15,18H2,1-3H3. The van der Waals surface area contributed by atoms with Crippen molar-refractivity contribution in [2.24, 2.45) is 4.99 Å². The van der Waals surface area contributed by atoms with Gasteiger partial charge < -0.3 is 4.74 Å². The number of aliphatic imine (C=N–C) groups is 1. The molecule has 2 aromatic carbocycles. The third-order valence-electron chi connectivity index (χ3n) is 5.05. The third kappa shape index (κ3) is 5.69. The van der Waals surface area contributed by atoms with Crippen LogP contribution < -0.4 is 0 Å². The molecule has 0 aliphatic heterocycles. The summed E-state index contributed by atoms with van der Waals surface area (Å²) >= 11 is 0. The Morgan fingerprint density at radius 1 is 1.03 bits per heavy atom. The molecule has 5 heteroatoms. The molecule has 1 fully saturated rings. The van der Waals surface area contributed by atoms with Crippen LogP contribution in [-0.4, -0.2) is 33.1 Å². The summed E-state index contributed by atoms with van der Waals surface area (Å²) in [6.45, 7) is 5.63. The molecule has 0 saturated heterocycles. The highest BCUT2D eigenvalue weighted by Gasteiger charge is 2.28. The zero-order chi connectivity index (χ0) is 21.8. The van der Waals surface area contributed by atoms with Crippen LogP contribution in [0.3, 0.4) is 0 Å². The van der Waals surface area contributed by atoms with Gasteiger partial charge in [0.15, 0.2) is 6.04 Å². The lowest BCUT2D eigenvalue weighted by Crippen LogP contribution is -2.33. The average molecular weight is 416 g/mol. The van der Waals surface area contributed by atoms with Crippen LogP contribution in [0, 0.1) is 0 Å². The van der Waals surface area contributed by atoms with Gasteiger partial charge in [0.2, 0.25) is 0 Å². The van der Waals surface area contributed by atoms with Crippen LogP contribution in [-0.2, 0) is 16.0 Å². The number of carbonyl (C=O) groups is 1. The molecule has 4 rings (SSSR count). The van der Waals surface area contributed by atoms with E-state index in [1.807, 2.05) is 98.4 Å². The zero-order valence-electron chi connectivity index (χ0n) is 18.4. The van der Waals surface area contributed by atoms with Gasteiger partial charge in [0.25, 0.3) is 0 Å². The minimum Gasteiger partial charge on any atom is -0.458 e. The lowest BCUT2D eigenvalue weighted by atomic mass is 10.0. The first-order valence-corrected chi connectivity index (χ1v) is 10.8. The van der Waals surface area contributed by atoms with Crippen LogP contribution in [0.4, 0.5) is 0 Å². The van der Waals surface area contributed by atoms with E-state index in [0.717, 1.165) is 22.5 Å². The second-order valence-corrected chi connectivity index (χ2v) is 8.98. The Morgan fingerprint density at radius 2 is 1.61 bits per heavy atom. The number of hydrogen-bond donors (Lipinski definition) is 0. The van der Waals surface area contributed by atoms with Crippen LogP contribution in [0.1, 0.15) is 56.5 Å². The summed E-state index contributed by atoms with van der Waals surface area (Å²) in [5.41, 5.74) is 2.97. The molecule has 0 N–H and O–H groups in total. The Kier molecular flexibility index (Phi) is 6.03. The molecular weight excluding hydrogens is 386 g/mol. The molecule has 0 radical (unpaired) electrons. The van der Waals surface area contributed by atoms with Crippen LogP contribution in [0.5, 0.6) is 0 Å². The van der Waals surface area contributed by atoms with Gasteiger partial charge in [0.1, 0.15) is 5.60 Å². The van der Waals surface area contributed by atoms with Crippen LogP contribution >= 0.6 is 0 Å². The fourth-order valence-electron chi connectivity index (χ4n) is 3.44. The van der Waals surface area contributed by atoms with E-state index in [0.29, 0.717) is 12.5 Å². The number of aromatic nitrogens is 2. The highest BCUT2D eigenvalue weighted by Crippen LogP contribution is 2.34. The first kappa shape index (κ1) is 21.0. The lowest BCUT2D eigenvalue weighted by molar-refractivity contribution is -0.156. The molecule has 0 amide bonds. The number of ether oxygens (including phenoxy) is 1. The number of hydrogen-bond acceptors (Lipinski definition) is 4. The van der Waals surface area contributed by atoms with Gasteiger partial charge >= 0.3 is 5.97 Å². The Balaban J connectivity index is 1.71. The maximum atomic E-state index is 13.2. The maximum absolute atomic E-state index is 13.2. The van der Waals surface area contributed by atoms with E-state index in [1.165, 1.54) is 12.8 Å². The molecule has 3 aromatic rings. The van der Waals surface area contributed by atoms with Crippen molar-refractivity contribution in [1.82, 2.24) is 9.78 Å². The summed E-state index contributed by atoms with van der Waals surface area (Å²) in [5.74, 6) is -0.335. The molecule has 1 saturated carbocycles. The molecule has 0 bridgehead atoms. The normalized spacial score (nSPS) is 14.7. The van der Waals surface area contributed by atoms with Gasteiger partial charge in [-0.15, -0.1) is 0 Å². The molecular formula is C26H29N3O2. The number of rotatable bonds is 7. The minimum atomic E-state index is -0.683.